The van der Waals surface area contributed by atoms with Crippen molar-refractivity contribution in [2.45, 2.75) is 50.5 Å². The number of hydrogen-bond acceptors (Lipinski definition) is 4. The number of fused-ring (bicyclic) bond motifs is 1. The van der Waals surface area contributed by atoms with Gasteiger partial charge in [-0.25, -0.2) is 8.42 Å². The summed E-state index contributed by atoms with van der Waals surface area (Å²) in [5, 5.41) is 2.74. The van der Waals surface area contributed by atoms with Gasteiger partial charge in [-0.1, -0.05) is 19.1 Å². The van der Waals surface area contributed by atoms with Gasteiger partial charge in [0.05, 0.1) is 11.4 Å². The first-order chi connectivity index (χ1) is 15.2. The van der Waals surface area contributed by atoms with E-state index >= 15 is 0 Å². The molecule has 0 bridgehead atoms. The quantitative estimate of drug-likeness (QED) is 0.695. The van der Waals surface area contributed by atoms with Crippen molar-refractivity contribution in [2.75, 3.05) is 23.8 Å². The van der Waals surface area contributed by atoms with Crippen molar-refractivity contribution < 1.29 is 18.0 Å². The van der Waals surface area contributed by atoms with Crippen LogP contribution in [0, 0.1) is 5.92 Å². The summed E-state index contributed by atoms with van der Waals surface area (Å²) in [4.78, 5) is 27.0. The number of anilines is 2. The number of rotatable bonds is 7. The van der Waals surface area contributed by atoms with Crippen LogP contribution in [-0.2, 0) is 32.5 Å². The van der Waals surface area contributed by atoms with Crippen LogP contribution in [0.5, 0.6) is 0 Å². The van der Waals surface area contributed by atoms with Crippen LogP contribution in [0.4, 0.5) is 11.4 Å². The highest BCUT2D eigenvalue weighted by atomic mass is 32.2. The lowest BCUT2D eigenvalue weighted by atomic mass is 10.1. The number of nitrogens with one attached hydrogen (secondary N) is 1. The fraction of sp³-hybridized carbons (Fsp3) is 0.417. The first-order valence-corrected chi connectivity index (χ1v) is 12.5. The summed E-state index contributed by atoms with van der Waals surface area (Å²) in [6.07, 6.45) is 3.38. The molecular weight excluding hydrogens is 426 g/mol. The maximum Gasteiger partial charge on any atom is 0.243 e. The summed E-state index contributed by atoms with van der Waals surface area (Å²) in [5.74, 6) is -0.168. The first-order valence-electron chi connectivity index (χ1n) is 11.0. The molecule has 2 aromatic carbocycles. The molecule has 1 aliphatic heterocycles. The van der Waals surface area contributed by atoms with Crippen molar-refractivity contribution in [3.05, 3.63) is 53.6 Å². The molecular formula is C24H29N3O4S. The van der Waals surface area contributed by atoms with E-state index in [9.17, 15) is 18.0 Å². The average molecular weight is 456 g/mol. The average Bonchev–Trinajstić information content (AvgIpc) is 3.55. The molecule has 1 saturated carbocycles. The number of hydrogen-bond donors (Lipinski definition) is 1. The molecule has 1 unspecified atom stereocenters. The third-order valence-electron chi connectivity index (χ3n) is 6.15. The van der Waals surface area contributed by atoms with Gasteiger partial charge in [0.1, 0.15) is 0 Å². The maximum atomic E-state index is 13.1. The fourth-order valence-electron chi connectivity index (χ4n) is 4.12. The highest BCUT2D eigenvalue weighted by Gasteiger charge is 2.40. The summed E-state index contributed by atoms with van der Waals surface area (Å²) in [5.41, 5.74) is 3.43. The molecule has 2 aliphatic rings. The second kappa shape index (κ2) is 8.67. The van der Waals surface area contributed by atoms with Crippen LogP contribution in [-0.4, -0.2) is 44.2 Å². The Balaban J connectivity index is 1.46. The van der Waals surface area contributed by atoms with Crippen molar-refractivity contribution in [2.24, 2.45) is 5.92 Å². The number of benzene rings is 2. The van der Waals surface area contributed by atoms with Crippen molar-refractivity contribution in [1.29, 1.82) is 0 Å². The van der Waals surface area contributed by atoms with E-state index in [1.165, 1.54) is 13.1 Å². The Morgan fingerprint density at radius 3 is 2.44 bits per heavy atom. The first kappa shape index (κ1) is 22.5. The molecule has 0 radical (unpaired) electrons. The molecule has 0 spiro atoms. The number of carbonyl (C=O) groups is 2. The van der Waals surface area contributed by atoms with Gasteiger partial charge in [0.2, 0.25) is 21.8 Å². The minimum absolute atomic E-state index is 0.0126. The lowest BCUT2D eigenvalue weighted by Gasteiger charge is -2.23. The Labute approximate surface area is 189 Å². The van der Waals surface area contributed by atoms with Gasteiger partial charge in [0.15, 0.2) is 0 Å². The lowest BCUT2D eigenvalue weighted by Crippen LogP contribution is -2.36. The van der Waals surface area contributed by atoms with Crippen molar-refractivity contribution in [3.8, 4) is 0 Å². The highest BCUT2D eigenvalue weighted by Crippen LogP contribution is 2.39. The van der Waals surface area contributed by atoms with E-state index in [1.807, 2.05) is 36.1 Å². The monoisotopic (exact) mass is 455 g/mol. The second-order valence-corrected chi connectivity index (χ2v) is 10.7. The van der Waals surface area contributed by atoms with E-state index in [4.69, 9.17) is 0 Å². The molecule has 170 valence electrons. The SMILES string of the molecule is CCc1ccc(NC(=O)CN(C)S(=O)(=O)c2ccc3c(c2)CC(C)N3C(=O)C2CC2)cc1. The molecule has 2 aromatic rings. The molecule has 32 heavy (non-hydrogen) atoms. The second-order valence-electron chi connectivity index (χ2n) is 8.69. The fourth-order valence-corrected chi connectivity index (χ4v) is 5.30. The van der Waals surface area contributed by atoms with Gasteiger partial charge >= 0.3 is 0 Å². The van der Waals surface area contributed by atoms with Gasteiger partial charge in [-0.05, 0) is 74.1 Å². The Bertz CT molecular complexity index is 1140. The summed E-state index contributed by atoms with van der Waals surface area (Å²) in [6.45, 7) is 3.74. The van der Waals surface area contributed by atoms with Crippen LogP contribution in [0.25, 0.3) is 0 Å². The molecule has 4 rings (SSSR count). The van der Waals surface area contributed by atoms with E-state index in [1.54, 1.807) is 12.1 Å². The topological polar surface area (TPSA) is 86.8 Å². The van der Waals surface area contributed by atoms with Gasteiger partial charge in [-0.15, -0.1) is 0 Å². The summed E-state index contributed by atoms with van der Waals surface area (Å²) in [6, 6.07) is 12.4. The van der Waals surface area contributed by atoms with Gasteiger partial charge in [0.25, 0.3) is 0 Å². The maximum absolute atomic E-state index is 13.1. The van der Waals surface area contributed by atoms with Gasteiger partial charge in [-0.3, -0.25) is 9.59 Å². The Morgan fingerprint density at radius 1 is 1.12 bits per heavy atom. The highest BCUT2D eigenvalue weighted by molar-refractivity contribution is 7.89. The molecule has 0 saturated heterocycles. The Morgan fingerprint density at radius 2 is 1.81 bits per heavy atom. The number of carbonyl (C=O) groups excluding carboxylic acids is 2. The molecule has 0 aromatic heterocycles. The summed E-state index contributed by atoms with van der Waals surface area (Å²) in [7, 11) is -2.45. The summed E-state index contributed by atoms with van der Waals surface area (Å²) < 4.78 is 27.2. The zero-order valence-electron chi connectivity index (χ0n) is 18.7. The normalized spacial score (nSPS) is 18.0. The third kappa shape index (κ3) is 4.42. The number of likely N-dealkylation sites (N-methyl/N-ethyl adjacent to an activating group) is 1. The smallest absolute Gasteiger partial charge is 0.243 e. The van der Waals surface area contributed by atoms with Crippen molar-refractivity contribution in [3.63, 3.8) is 0 Å². The van der Waals surface area contributed by atoms with E-state index < -0.39 is 15.9 Å². The van der Waals surface area contributed by atoms with Crippen LogP contribution in [0.3, 0.4) is 0 Å². The molecule has 1 fully saturated rings. The zero-order chi connectivity index (χ0) is 23.0. The van der Waals surface area contributed by atoms with Crippen LogP contribution in [0.15, 0.2) is 47.4 Å². The Hall–Kier alpha value is -2.71. The van der Waals surface area contributed by atoms with E-state index in [0.29, 0.717) is 12.1 Å². The molecule has 1 aliphatic carbocycles. The minimum atomic E-state index is -3.85. The van der Waals surface area contributed by atoms with Crippen LogP contribution in [0.2, 0.25) is 0 Å². The van der Waals surface area contributed by atoms with Crippen LogP contribution < -0.4 is 10.2 Å². The zero-order valence-corrected chi connectivity index (χ0v) is 19.5. The van der Waals surface area contributed by atoms with E-state index in [2.05, 4.69) is 12.2 Å². The predicted molar refractivity (Wildman–Crippen MR) is 124 cm³/mol. The molecule has 8 heteroatoms. The van der Waals surface area contributed by atoms with Crippen molar-refractivity contribution >= 4 is 33.2 Å². The van der Waals surface area contributed by atoms with E-state index in [0.717, 1.165) is 40.4 Å². The number of aryl methyl sites for hydroxylation is 1. The number of sulfonamides is 1. The molecule has 1 atom stereocenters. The number of amides is 2. The largest absolute Gasteiger partial charge is 0.325 e. The summed E-state index contributed by atoms with van der Waals surface area (Å²) >= 11 is 0. The van der Waals surface area contributed by atoms with Gasteiger partial charge in [0, 0.05) is 30.4 Å². The molecule has 1 N–H and O–H groups in total. The van der Waals surface area contributed by atoms with Crippen LogP contribution >= 0.6 is 0 Å². The van der Waals surface area contributed by atoms with Crippen LogP contribution in [0.1, 0.15) is 37.8 Å². The number of nitrogens with zero attached hydrogens (tertiary/aromatic N) is 2. The lowest BCUT2D eigenvalue weighted by molar-refractivity contribution is -0.120. The predicted octanol–water partition coefficient (Wildman–Crippen LogP) is 3.20. The van der Waals surface area contributed by atoms with Gasteiger partial charge < -0.3 is 10.2 Å². The molecule has 1 heterocycles. The van der Waals surface area contributed by atoms with Crippen molar-refractivity contribution in [1.82, 2.24) is 4.31 Å². The third-order valence-corrected chi connectivity index (χ3v) is 7.95. The Kier molecular flexibility index (Phi) is 6.09. The molecule has 7 nitrogen and oxygen atoms in total. The molecule has 2 amide bonds. The standard InChI is InChI=1S/C24H29N3O4S/c1-4-17-5-9-20(10-6-17)25-23(28)15-26(3)32(30,31)21-11-12-22-19(14-21)13-16(2)27(22)24(29)18-7-8-18/h5-6,9-12,14,16,18H,4,7-8,13,15H2,1-3H3,(H,25,28). The van der Waals surface area contributed by atoms with Gasteiger partial charge in [-0.2, -0.15) is 4.31 Å². The van der Waals surface area contributed by atoms with E-state index in [-0.39, 0.29) is 29.3 Å². The minimum Gasteiger partial charge on any atom is -0.325 e.